The third-order valence-corrected chi connectivity index (χ3v) is 4.26. The van der Waals surface area contributed by atoms with E-state index in [1.807, 2.05) is 0 Å². The molecular weight excluding hydrogens is 346 g/mol. The van der Waals surface area contributed by atoms with Crippen molar-refractivity contribution < 1.29 is 19.4 Å². The molecule has 146 valence electrons. The summed E-state index contributed by atoms with van der Waals surface area (Å²) < 4.78 is 0. The van der Waals surface area contributed by atoms with E-state index < -0.39 is 11.9 Å². The molecule has 0 radical (unpaired) electrons. The van der Waals surface area contributed by atoms with E-state index in [4.69, 9.17) is 10.7 Å². The standard InChI is InChI=1S/C16H21N3.C4H6O4/c1-10-7-11(2)15-14(8-10)19-13-6-4-3-5-12(13)16(15)18-9-17;1-3(5)7-8-4(2)6/h7-8H,3-6,9,17H2,1-2H3,(H,18,19);1-2H3. The Kier molecular flexibility index (Phi) is 7.12. The number of nitrogens with zero attached hydrogens (tertiary/aromatic N) is 1. The number of pyridine rings is 1. The van der Waals surface area contributed by atoms with Gasteiger partial charge in [0.05, 0.1) is 12.2 Å². The zero-order valence-electron chi connectivity index (χ0n) is 16.3. The predicted octanol–water partition coefficient (Wildman–Crippen LogP) is 3.09. The second kappa shape index (κ2) is 9.32. The summed E-state index contributed by atoms with van der Waals surface area (Å²) in [5, 5.41) is 4.62. The van der Waals surface area contributed by atoms with E-state index >= 15 is 0 Å². The van der Waals surface area contributed by atoms with Gasteiger partial charge in [0.1, 0.15) is 0 Å². The van der Waals surface area contributed by atoms with Crippen molar-refractivity contribution in [3.05, 3.63) is 34.5 Å². The monoisotopic (exact) mass is 373 g/mol. The fourth-order valence-electron chi connectivity index (χ4n) is 3.35. The van der Waals surface area contributed by atoms with Gasteiger partial charge in [-0.3, -0.25) is 4.98 Å². The van der Waals surface area contributed by atoms with E-state index in [9.17, 15) is 9.59 Å². The Labute approximate surface area is 159 Å². The zero-order chi connectivity index (χ0) is 20.0. The van der Waals surface area contributed by atoms with Gasteiger partial charge in [0.2, 0.25) is 0 Å². The molecule has 27 heavy (non-hydrogen) atoms. The van der Waals surface area contributed by atoms with Crippen LogP contribution in [0.15, 0.2) is 12.1 Å². The molecule has 0 saturated carbocycles. The van der Waals surface area contributed by atoms with E-state index in [2.05, 4.69) is 41.1 Å². The molecule has 0 spiro atoms. The Morgan fingerprint density at radius 2 is 1.74 bits per heavy atom. The van der Waals surface area contributed by atoms with Gasteiger partial charge in [0.25, 0.3) is 0 Å². The maximum atomic E-state index is 9.85. The number of nitrogens with two attached hydrogens (primary N) is 1. The molecular formula is C20H27N3O4. The lowest BCUT2D eigenvalue weighted by Crippen LogP contribution is -2.16. The summed E-state index contributed by atoms with van der Waals surface area (Å²) >= 11 is 0. The zero-order valence-corrected chi connectivity index (χ0v) is 16.3. The summed E-state index contributed by atoms with van der Waals surface area (Å²) in [5.74, 6) is -1.28. The number of hydrogen-bond acceptors (Lipinski definition) is 7. The molecule has 7 heteroatoms. The molecule has 0 unspecified atom stereocenters. The van der Waals surface area contributed by atoms with Crippen LogP contribution in [0.3, 0.4) is 0 Å². The first kappa shape index (κ1) is 20.6. The maximum Gasteiger partial charge on any atom is 0.352 e. The molecule has 1 aromatic heterocycles. The molecule has 0 aliphatic heterocycles. The van der Waals surface area contributed by atoms with Crippen molar-refractivity contribution in [2.24, 2.45) is 5.73 Å². The highest BCUT2D eigenvalue weighted by molar-refractivity contribution is 5.96. The van der Waals surface area contributed by atoms with Crippen LogP contribution in [-0.2, 0) is 32.2 Å². The number of carbonyl (C=O) groups excluding carboxylic acids is 2. The summed E-state index contributed by atoms with van der Waals surface area (Å²) in [5.41, 5.74) is 13.3. The molecule has 1 aliphatic carbocycles. The molecule has 1 aromatic carbocycles. The van der Waals surface area contributed by atoms with Gasteiger partial charge in [0, 0.05) is 30.6 Å². The van der Waals surface area contributed by atoms with Crippen molar-refractivity contribution in [2.75, 3.05) is 12.0 Å². The van der Waals surface area contributed by atoms with Crippen LogP contribution in [0.25, 0.3) is 10.9 Å². The van der Waals surface area contributed by atoms with Gasteiger partial charge in [-0.2, -0.15) is 0 Å². The van der Waals surface area contributed by atoms with Crippen molar-refractivity contribution >= 4 is 28.5 Å². The average molecular weight is 373 g/mol. The lowest BCUT2D eigenvalue weighted by Gasteiger charge is -2.22. The normalized spacial score (nSPS) is 12.5. The van der Waals surface area contributed by atoms with E-state index in [0.29, 0.717) is 6.67 Å². The predicted molar refractivity (Wildman–Crippen MR) is 104 cm³/mol. The van der Waals surface area contributed by atoms with Crippen molar-refractivity contribution in [1.82, 2.24) is 4.98 Å². The number of fused-ring (bicyclic) bond motifs is 2. The van der Waals surface area contributed by atoms with Gasteiger partial charge >= 0.3 is 11.9 Å². The molecule has 0 saturated heterocycles. The van der Waals surface area contributed by atoms with Gasteiger partial charge < -0.3 is 11.1 Å². The van der Waals surface area contributed by atoms with Gasteiger partial charge in [-0.05, 0) is 62.3 Å². The largest absolute Gasteiger partial charge is 0.372 e. The average Bonchev–Trinajstić information content (AvgIpc) is 2.60. The Bertz CT molecular complexity index is 835. The summed E-state index contributed by atoms with van der Waals surface area (Å²) in [6.45, 7) is 7.04. The van der Waals surface area contributed by atoms with Crippen molar-refractivity contribution in [3.63, 3.8) is 0 Å². The number of aryl methyl sites for hydroxylation is 3. The molecule has 3 rings (SSSR count). The van der Waals surface area contributed by atoms with Crippen molar-refractivity contribution in [2.45, 2.75) is 53.4 Å². The highest BCUT2D eigenvalue weighted by Crippen LogP contribution is 2.35. The van der Waals surface area contributed by atoms with E-state index in [-0.39, 0.29) is 0 Å². The Morgan fingerprint density at radius 3 is 2.33 bits per heavy atom. The number of anilines is 1. The molecule has 7 nitrogen and oxygen atoms in total. The lowest BCUT2D eigenvalue weighted by molar-refractivity contribution is -0.255. The van der Waals surface area contributed by atoms with Gasteiger partial charge in [0.15, 0.2) is 0 Å². The van der Waals surface area contributed by atoms with Crippen LogP contribution >= 0.6 is 0 Å². The molecule has 0 bridgehead atoms. The number of rotatable bonds is 2. The third kappa shape index (κ3) is 5.40. The topological polar surface area (TPSA) is 104 Å². The van der Waals surface area contributed by atoms with Crippen LogP contribution in [0.4, 0.5) is 5.69 Å². The number of benzene rings is 1. The fourth-order valence-corrected chi connectivity index (χ4v) is 3.35. The minimum atomic E-state index is -0.639. The summed E-state index contributed by atoms with van der Waals surface area (Å²) in [4.78, 5) is 32.2. The van der Waals surface area contributed by atoms with Gasteiger partial charge in [-0.1, -0.05) is 6.07 Å². The highest BCUT2D eigenvalue weighted by Gasteiger charge is 2.18. The lowest BCUT2D eigenvalue weighted by atomic mass is 9.91. The first-order chi connectivity index (χ1) is 12.8. The number of hydrogen-bond donors (Lipinski definition) is 2. The fraction of sp³-hybridized carbons (Fsp3) is 0.450. The Morgan fingerprint density at radius 1 is 1.11 bits per heavy atom. The molecule has 2 aromatic rings. The molecule has 0 atom stereocenters. The first-order valence-corrected chi connectivity index (χ1v) is 9.05. The highest BCUT2D eigenvalue weighted by atomic mass is 17.2. The smallest absolute Gasteiger partial charge is 0.352 e. The van der Waals surface area contributed by atoms with Crippen LogP contribution in [0.2, 0.25) is 0 Å². The number of carbonyl (C=O) groups is 2. The number of aromatic nitrogens is 1. The van der Waals surface area contributed by atoms with Gasteiger partial charge in [-0.25, -0.2) is 19.4 Å². The minimum Gasteiger partial charge on any atom is -0.372 e. The van der Waals surface area contributed by atoms with Gasteiger partial charge in [-0.15, -0.1) is 0 Å². The maximum absolute atomic E-state index is 9.85. The second-order valence-electron chi connectivity index (χ2n) is 6.63. The van der Waals surface area contributed by atoms with Crippen LogP contribution in [0.5, 0.6) is 0 Å². The Balaban J connectivity index is 0.000000279. The summed E-state index contributed by atoms with van der Waals surface area (Å²) in [6.07, 6.45) is 4.72. The molecule has 1 heterocycles. The molecule has 1 aliphatic rings. The van der Waals surface area contributed by atoms with Crippen molar-refractivity contribution in [1.29, 1.82) is 0 Å². The summed E-state index contributed by atoms with van der Waals surface area (Å²) in [7, 11) is 0. The van der Waals surface area contributed by atoms with Crippen molar-refractivity contribution in [3.8, 4) is 0 Å². The molecule has 3 N–H and O–H groups in total. The SMILES string of the molecule is CC(=O)OOC(C)=O.Cc1cc(C)c2c(NCN)c3c(nc2c1)CCCC3. The quantitative estimate of drug-likeness (QED) is 0.473. The van der Waals surface area contributed by atoms with Crippen LogP contribution in [0, 0.1) is 13.8 Å². The van der Waals surface area contributed by atoms with E-state index in [0.717, 1.165) is 32.2 Å². The molecule has 0 fully saturated rings. The first-order valence-electron chi connectivity index (χ1n) is 9.05. The number of nitrogens with one attached hydrogen (secondary N) is 1. The minimum absolute atomic E-state index is 0.471. The van der Waals surface area contributed by atoms with E-state index in [1.54, 1.807) is 0 Å². The molecule has 0 amide bonds. The van der Waals surface area contributed by atoms with Crippen LogP contribution in [-0.4, -0.2) is 23.6 Å². The van der Waals surface area contributed by atoms with Crippen LogP contribution < -0.4 is 11.1 Å². The third-order valence-electron chi connectivity index (χ3n) is 4.26. The van der Waals surface area contributed by atoms with Crippen LogP contribution in [0.1, 0.15) is 49.1 Å². The van der Waals surface area contributed by atoms with E-state index in [1.165, 1.54) is 46.3 Å². The summed E-state index contributed by atoms with van der Waals surface area (Å²) in [6, 6.07) is 4.40. The Hall–Kier alpha value is -2.67. The second-order valence-corrected chi connectivity index (χ2v) is 6.63.